The predicted molar refractivity (Wildman–Crippen MR) is 104 cm³/mol. The van der Waals surface area contributed by atoms with Crippen LogP contribution in [0.25, 0.3) is 0 Å². The van der Waals surface area contributed by atoms with Gasteiger partial charge in [0.05, 0.1) is 13.2 Å². The fraction of sp³-hybridized carbons (Fsp3) is 0.526. The van der Waals surface area contributed by atoms with Crippen LogP contribution in [0.5, 0.6) is 0 Å². The Morgan fingerprint density at radius 3 is 2.52 bits per heavy atom. The van der Waals surface area contributed by atoms with E-state index in [2.05, 4.69) is 27.3 Å². The molecular formula is C19H30N4O4. The first-order valence-corrected chi connectivity index (χ1v) is 9.11. The first-order valence-electron chi connectivity index (χ1n) is 9.11. The number of morpholine rings is 1. The Morgan fingerprint density at radius 1 is 1.30 bits per heavy atom. The van der Waals surface area contributed by atoms with Crippen molar-refractivity contribution in [3.63, 3.8) is 0 Å². The summed E-state index contributed by atoms with van der Waals surface area (Å²) < 4.78 is 5.40. The van der Waals surface area contributed by atoms with E-state index in [1.807, 2.05) is 25.1 Å². The van der Waals surface area contributed by atoms with E-state index in [0.717, 1.165) is 37.6 Å². The van der Waals surface area contributed by atoms with Crippen molar-refractivity contribution in [1.82, 2.24) is 10.6 Å². The SMILES string of the molecule is CC[C@H](CC(=O)NC)C(=O)NCc1ccccc1N1CCOCC1.NC=O. The fourth-order valence-electron chi connectivity index (χ4n) is 2.85. The van der Waals surface area contributed by atoms with Crippen LogP contribution in [0.1, 0.15) is 25.3 Å². The number of nitrogens with zero attached hydrogens (tertiary/aromatic N) is 1. The molecule has 0 spiro atoms. The van der Waals surface area contributed by atoms with Crippen molar-refractivity contribution in [3.8, 4) is 0 Å². The highest BCUT2D eigenvalue weighted by atomic mass is 16.5. The highest BCUT2D eigenvalue weighted by Gasteiger charge is 2.20. The van der Waals surface area contributed by atoms with Crippen LogP contribution in [-0.2, 0) is 25.7 Å². The van der Waals surface area contributed by atoms with E-state index in [-0.39, 0.29) is 30.6 Å². The molecule has 4 N–H and O–H groups in total. The maximum absolute atomic E-state index is 12.4. The van der Waals surface area contributed by atoms with Crippen LogP contribution >= 0.6 is 0 Å². The lowest BCUT2D eigenvalue weighted by molar-refractivity contribution is -0.130. The molecule has 0 bridgehead atoms. The monoisotopic (exact) mass is 378 g/mol. The Labute approximate surface area is 160 Å². The maximum Gasteiger partial charge on any atom is 0.223 e. The van der Waals surface area contributed by atoms with Gasteiger partial charge >= 0.3 is 0 Å². The number of benzene rings is 1. The second kappa shape index (κ2) is 12.7. The molecule has 0 unspecified atom stereocenters. The Balaban J connectivity index is 0.00000114. The lowest BCUT2D eigenvalue weighted by Crippen LogP contribution is -2.38. The van der Waals surface area contributed by atoms with Gasteiger partial charge in [-0.3, -0.25) is 14.4 Å². The van der Waals surface area contributed by atoms with Crippen molar-refractivity contribution in [3.05, 3.63) is 29.8 Å². The summed E-state index contributed by atoms with van der Waals surface area (Å²) in [6.45, 7) is 5.57. The smallest absolute Gasteiger partial charge is 0.223 e. The molecule has 0 aliphatic carbocycles. The van der Waals surface area contributed by atoms with E-state index in [9.17, 15) is 9.59 Å². The minimum absolute atomic E-state index is 0.0714. The number of primary amides is 1. The van der Waals surface area contributed by atoms with Gasteiger partial charge in [0.25, 0.3) is 0 Å². The van der Waals surface area contributed by atoms with Gasteiger partial charge in [-0.1, -0.05) is 25.1 Å². The minimum atomic E-state index is -0.291. The Kier molecular flexibility index (Phi) is 10.5. The average molecular weight is 378 g/mol. The third-order valence-corrected chi connectivity index (χ3v) is 4.37. The number of nitrogens with one attached hydrogen (secondary N) is 2. The maximum atomic E-state index is 12.4. The molecule has 1 aromatic carbocycles. The Bertz CT molecular complexity index is 603. The molecule has 0 radical (unpaired) electrons. The molecule has 0 aromatic heterocycles. The molecular weight excluding hydrogens is 348 g/mol. The van der Waals surface area contributed by atoms with Crippen LogP contribution < -0.4 is 21.3 Å². The molecule has 1 aromatic rings. The highest BCUT2D eigenvalue weighted by molar-refractivity contribution is 5.85. The number of carbonyl (C=O) groups is 3. The van der Waals surface area contributed by atoms with E-state index in [1.165, 1.54) is 0 Å². The number of amides is 3. The summed E-state index contributed by atoms with van der Waals surface area (Å²) in [6.07, 6.45) is 1.12. The number of hydrogen-bond donors (Lipinski definition) is 3. The average Bonchev–Trinajstić information content (AvgIpc) is 2.71. The van der Waals surface area contributed by atoms with Crippen molar-refractivity contribution >= 4 is 23.9 Å². The Morgan fingerprint density at radius 2 is 1.93 bits per heavy atom. The van der Waals surface area contributed by atoms with E-state index in [4.69, 9.17) is 9.53 Å². The highest BCUT2D eigenvalue weighted by Crippen LogP contribution is 2.21. The van der Waals surface area contributed by atoms with Crippen LogP contribution in [0.3, 0.4) is 0 Å². The van der Waals surface area contributed by atoms with Crippen molar-refractivity contribution in [2.45, 2.75) is 26.3 Å². The molecule has 0 saturated carbocycles. The summed E-state index contributed by atoms with van der Waals surface area (Å²) in [6, 6.07) is 8.10. The number of nitrogens with two attached hydrogens (primary N) is 1. The third-order valence-electron chi connectivity index (χ3n) is 4.37. The molecule has 1 atom stereocenters. The van der Waals surface area contributed by atoms with E-state index >= 15 is 0 Å². The molecule has 3 amide bonds. The number of para-hydroxylation sites is 1. The molecule has 2 rings (SSSR count). The van der Waals surface area contributed by atoms with Crippen molar-refractivity contribution < 1.29 is 19.1 Å². The van der Waals surface area contributed by atoms with Crippen LogP contribution in [0, 0.1) is 5.92 Å². The van der Waals surface area contributed by atoms with E-state index in [1.54, 1.807) is 7.05 Å². The summed E-state index contributed by atoms with van der Waals surface area (Å²) in [4.78, 5) is 34.7. The van der Waals surface area contributed by atoms with Gasteiger partial charge in [-0.15, -0.1) is 0 Å². The standard InChI is InChI=1S/C18H27N3O3.CH3NO/c1-3-14(12-17(22)19-2)18(23)20-13-15-6-4-5-7-16(15)21-8-10-24-11-9-21;2-1-3/h4-7,14H,3,8-13H2,1-2H3,(H,19,22)(H,20,23);1H,(H2,2,3)/t14-;/m1./s1. The van der Waals surface area contributed by atoms with Gasteiger partial charge in [0.15, 0.2) is 0 Å². The van der Waals surface area contributed by atoms with E-state index < -0.39 is 0 Å². The van der Waals surface area contributed by atoms with Crippen LogP contribution in [0.4, 0.5) is 5.69 Å². The molecule has 1 saturated heterocycles. The largest absolute Gasteiger partial charge is 0.378 e. The zero-order valence-electron chi connectivity index (χ0n) is 16.1. The topological polar surface area (TPSA) is 114 Å². The summed E-state index contributed by atoms with van der Waals surface area (Å²) in [5.41, 5.74) is 6.39. The quantitative estimate of drug-likeness (QED) is 0.595. The van der Waals surface area contributed by atoms with Gasteiger partial charge in [-0.2, -0.15) is 0 Å². The number of anilines is 1. The molecule has 27 heavy (non-hydrogen) atoms. The minimum Gasteiger partial charge on any atom is -0.378 e. The Hall–Kier alpha value is -2.61. The number of carbonyl (C=O) groups excluding carboxylic acids is 3. The lowest BCUT2D eigenvalue weighted by Gasteiger charge is -2.30. The fourth-order valence-corrected chi connectivity index (χ4v) is 2.85. The van der Waals surface area contributed by atoms with Crippen molar-refractivity contribution in [1.29, 1.82) is 0 Å². The third kappa shape index (κ3) is 7.65. The van der Waals surface area contributed by atoms with Gasteiger partial charge in [0.1, 0.15) is 0 Å². The number of hydrogen-bond acceptors (Lipinski definition) is 5. The summed E-state index contributed by atoms with van der Waals surface area (Å²) >= 11 is 0. The molecule has 1 aliphatic rings. The first-order chi connectivity index (χ1) is 13.1. The first kappa shape index (κ1) is 22.4. The van der Waals surface area contributed by atoms with E-state index in [0.29, 0.717) is 13.0 Å². The summed E-state index contributed by atoms with van der Waals surface area (Å²) in [5, 5.41) is 5.56. The van der Waals surface area contributed by atoms with Gasteiger partial charge in [0.2, 0.25) is 18.2 Å². The van der Waals surface area contributed by atoms with Gasteiger partial charge in [-0.05, 0) is 18.1 Å². The lowest BCUT2D eigenvalue weighted by atomic mass is 10.0. The number of rotatable bonds is 7. The predicted octanol–water partition coefficient (Wildman–Crippen LogP) is 0.403. The van der Waals surface area contributed by atoms with Gasteiger partial charge < -0.3 is 26.0 Å². The van der Waals surface area contributed by atoms with Crippen LogP contribution in [0.2, 0.25) is 0 Å². The van der Waals surface area contributed by atoms with Gasteiger partial charge in [0, 0.05) is 44.7 Å². The van der Waals surface area contributed by atoms with Crippen LogP contribution in [-0.4, -0.2) is 51.6 Å². The molecule has 150 valence electrons. The van der Waals surface area contributed by atoms with Crippen LogP contribution in [0.15, 0.2) is 24.3 Å². The molecule has 8 heteroatoms. The zero-order chi connectivity index (χ0) is 20.1. The summed E-state index contributed by atoms with van der Waals surface area (Å²) in [5.74, 6) is -0.468. The molecule has 8 nitrogen and oxygen atoms in total. The second-order valence-electron chi connectivity index (χ2n) is 6.06. The zero-order valence-corrected chi connectivity index (χ0v) is 16.1. The van der Waals surface area contributed by atoms with Crippen molar-refractivity contribution in [2.75, 3.05) is 38.3 Å². The molecule has 1 fully saturated rings. The van der Waals surface area contributed by atoms with Gasteiger partial charge in [-0.25, -0.2) is 0 Å². The normalized spacial score (nSPS) is 14.4. The molecule has 1 aliphatic heterocycles. The second-order valence-corrected chi connectivity index (χ2v) is 6.06. The number of ether oxygens (including phenoxy) is 1. The molecule has 1 heterocycles. The summed E-state index contributed by atoms with van der Waals surface area (Å²) in [7, 11) is 1.59. The van der Waals surface area contributed by atoms with Crippen molar-refractivity contribution in [2.24, 2.45) is 11.7 Å².